The van der Waals surface area contributed by atoms with Gasteiger partial charge in [-0.25, -0.2) is 0 Å². The number of hydrogen-bond donors (Lipinski definition) is 2. The van der Waals surface area contributed by atoms with E-state index in [2.05, 4.69) is 0 Å². The molecule has 1 aliphatic heterocycles. The summed E-state index contributed by atoms with van der Waals surface area (Å²) < 4.78 is 0. The Kier molecular flexibility index (Phi) is 2.51. The second-order valence-electron chi connectivity index (χ2n) is 5.15. The first-order valence-corrected chi connectivity index (χ1v) is 5.66. The average molecular weight is 256 g/mol. The van der Waals surface area contributed by atoms with E-state index in [4.69, 9.17) is 11.6 Å². The number of hydrogen-bond acceptors (Lipinski definition) is 3. The van der Waals surface area contributed by atoms with E-state index in [-0.39, 0.29) is 27.8 Å². The predicted molar refractivity (Wildman–Crippen MR) is 64.4 cm³/mol. The van der Waals surface area contributed by atoms with Crippen LogP contribution in [-0.4, -0.2) is 26.6 Å². The van der Waals surface area contributed by atoms with Crippen molar-refractivity contribution in [3.8, 4) is 11.5 Å². The zero-order valence-corrected chi connectivity index (χ0v) is 10.7. The number of rotatable bonds is 0. The topological polar surface area (TPSA) is 60.8 Å². The number of phenolic OH excluding ortho intramolecular Hbond substituents is 2. The van der Waals surface area contributed by atoms with Gasteiger partial charge in [-0.15, -0.1) is 0 Å². The number of benzene rings is 1. The Labute approximate surface area is 104 Å². The minimum atomic E-state index is -0.436. The van der Waals surface area contributed by atoms with Gasteiger partial charge in [0.15, 0.2) is 11.5 Å². The van der Waals surface area contributed by atoms with E-state index >= 15 is 0 Å². The van der Waals surface area contributed by atoms with E-state index in [9.17, 15) is 15.0 Å². The number of carbonyl (C=O) groups is 1. The molecule has 0 unspecified atom stereocenters. The zero-order chi connectivity index (χ0) is 13.0. The third-order valence-electron chi connectivity index (χ3n) is 2.90. The van der Waals surface area contributed by atoms with Gasteiger partial charge < -0.3 is 15.1 Å². The van der Waals surface area contributed by atoms with Crippen LogP contribution < -0.4 is 0 Å². The van der Waals surface area contributed by atoms with E-state index < -0.39 is 5.75 Å². The Morgan fingerprint density at radius 2 is 1.94 bits per heavy atom. The van der Waals surface area contributed by atoms with Crippen LogP contribution in [0.4, 0.5) is 0 Å². The summed E-state index contributed by atoms with van der Waals surface area (Å²) in [5, 5.41) is 18.9. The van der Waals surface area contributed by atoms with Crippen molar-refractivity contribution in [1.82, 2.24) is 4.90 Å². The van der Waals surface area contributed by atoms with Crippen LogP contribution in [0.15, 0.2) is 6.07 Å². The van der Waals surface area contributed by atoms with Crippen LogP contribution >= 0.6 is 11.6 Å². The number of nitrogens with zero attached hydrogens (tertiary/aromatic N) is 1. The molecule has 1 aromatic rings. The molecule has 0 aliphatic carbocycles. The summed E-state index contributed by atoms with van der Waals surface area (Å²) in [6.45, 7) is 6.16. The lowest BCUT2D eigenvalue weighted by molar-refractivity contribution is 0.0609. The summed E-state index contributed by atoms with van der Waals surface area (Å²) >= 11 is 5.90. The lowest BCUT2D eigenvalue weighted by Gasteiger charge is -2.31. The molecule has 1 aromatic carbocycles. The predicted octanol–water partition coefficient (Wildman–Crippen LogP) is 2.51. The molecule has 0 fully saturated rings. The quantitative estimate of drug-likeness (QED) is 0.701. The smallest absolute Gasteiger partial charge is 0.256 e. The molecular weight excluding hydrogens is 242 g/mol. The summed E-state index contributed by atoms with van der Waals surface area (Å²) in [5.74, 6) is -0.945. The number of phenols is 2. The van der Waals surface area contributed by atoms with Gasteiger partial charge in [-0.2, -0.15) is 0 Å². The minimum Gasteiger partial charge on any atom is -0.504 e. The highest BCUT2D eigenvalue weighted by atomic mass is 35.5. The van der Waals surface area contributed by atoms with Crippen molar-refractivity contribution in [2.45, 2.75) is 32.9 Å². The van der Waals surface area contributed by atoms with Gasteiger partial charge >= 0.3 is 0 Å². The van der Waals surface area contributed by atoms with Crippen LogP contribution in [0.3, 0.4) is 0 Å². The molecule has 4 nitrogen and oxygen atoms in total. The fourth-order valence-electron chi connectivity index (χ4n) is 1.95. The number of amides is 1. The standard InChI is InChI=1S/C12H14ClNO3/c1-12(2,3)14-5-6-4-7(15)10(16)9(13)8(6)11(14)17/h4,15-16H,5H2,1-3H3. The van der Waals surface area contributed by atoms with Crippen LogP contribution in [0.1, 0.15) is 36.7 Å². The van der Waals surface area contributed by atoms with Crippen LogP contribution in [0.5, 0.6) is 11.5 Å². The van der Waals surface area contributed by atoms with Crippen molar-refractivity contribution in [2.75, 3.05) is 0 Å². The van der Waals surface area contributed by atoms with Gasteiger partial charge in [0.1, 0.15) is 0 Å². The summed E-state index contributed by atoms with van der Waals surface area (Å²) in [4.78, 5) is 13.8. The molecule has 0 bridgehead atoms. The van der Waals surface area contributed by atoms with Crippen molar-refractivity contribution < 1.29 is 15.0 Å². The van der Waals surface area contributed by atoms with E-state index in [1.165, 1.54) is 6.07 Å². The lowest BCUT2D eigenvalue weighted by Crippen LogP contribution is -2.41. The molecule has 92 valence electrons. The molecular formula is C12H14ClNO3. The van der Waals surface area contributed by atoms with Gasteiger partial charge in [-0.05, 0) is 32.4 Å². The van der Waals surface area contributed by atoms with Crippen LogP contribution in [0.25, 0.3) is 0 Å². The Hall–Kier alpha value is -1.42. The molecule has 1 heterocycles. The molecule has 1 amide bonds. The summed E-state index contributed by atoms with van der Waals surface area (Å²) in [5.41, 5.74) is 0.604. The first-order valence-electron chi connectivity index (χ1n) is 5.28. The molecule has 0 radical (unpaired) electrons. The Morgan fingerprint density at radius 3 is 2.47 bits per heavy atom. The van der Waals surface area contributed by atoms with E-state index in [0.717, 1.165) is 0 Å². The molecule has 0 aromatic heterocycles. The lowest BCUT2D eigenvalue weighted by atomic mass is 10.1. The Morgan fingerprint density at radius 1 is 1.35 bits per heavy atom. The second kappa shape index (κ2) is 3.53. The number of aromatic hydroxyl groups is 2. The maximum absolute atomic E-state index is 12.2. The average Bonchev–Trinajstić information content (AvgIpc) is 2.52. The summed E-state index contributed by atoms with van der Waals surface area (Å²) in [6, 6.07) is 1.39. The molecule has 0 spiro atoms. The van der Waals surface area contributed by atoms with Gasteiger partial charge in [-0.3, -0.25) is 4.79 Å². The van der Waals surface area contributed by atoms with Crippen molar-refractivity contribution >= 4 is 17.5 Å². The maximum atomic E-state index is 12.2. The number of carbonyl (C=O) groups excluding carboxylic acids is 1. The Bertz CT molecular complexity index is 505. The first kappa shape index (κ1) is 12.0. The molecule has 17 heavy (non-hydrogen) atoms. The van der Waals surface area contributed by atoms with Gasteiger partial charge in [0, 0.05) is 12.1 Å². The van der Waals surface area contributed by atoms with E-state index in [1.54, 1.807) is 4.90 Å². The summed E-state index contributed by atoms with van der Waals surface area (Å²) in [7, 11) is 0. The molecule has 0 saturated heterocycles. The highest BCUT2D eigenvalue weighted by Gasteiger charge is 2.37. The first-order chi connectivity index (χ1) is 7.73. The van der Waals surface area contributed by atoms with Crippen molar-refractivity contribution in [3.63, 3.8) is 0 Å². The molecule has 5 heteroatoms. The van der Waals surface area contributed by atoms with Crippen molar-refractivity contribution in [2.24, 2.45) is 0 Å². The maximum Gasteiger partial charge on any atom is 0.256 e. The molecule has 2 rings (SSSR count). The van der Waals surface area contributed by atoms with E-state index in [1.807, 2.05) is 20.8 Å². The fraction of sp³-hybridized carbons (Fsp3) is 0.417. The van der Waals surface area contributed by atoms with Crippen LogP contribution in [0, 0.1) is 0 Å². The number of halogens is 1. The third kappa shape index (κ3) is 1.72. The second-order valence-corrected chi connectivity index (χ2v) is 5.53. The molecule has 0 atom stereocenters. The summed E-state index contributed by atoms with van der Waals surface area (Å²) in [6.07, 6.45) is 0. The van der Waals surface area contributed by atoms with Crippen molar-refractivity contribution in [3.05, 3.63) is 22.2 Å². The van der Waals surface area contributed by atoms with Gasteiger partial charge in [-0.1, -0.05) is 11.6 Å². The van der Waals surface area contributed by atoms with E-state index in [0.29, 0.717) is 12.1 Å². The van der Waals surface area contributed by atoms with Crippen LogP contribution in [0.2, 0.25) is 5.02 Å². The Balaban J connectivity index is 2.57. The minimum absolute atomic E-state index is 0.0725. The highest BCUT2D eigenvalue weighted by molar-refractivity contribution is 6.36. The molecule has 0 saturated carbocycles. The van der Waals surface area contributed by atoms with Crippen molar-refractivity contribution in [1.29, 1.82) is 0 Å². The largest absolute Gasteiger partial charge is 0.504 e. The SMILES string of the molecule is CC(C)(C)N1Cc2cc(O)c(O)c(Cl)c2C1=O. The van der Waals surface area contributed by atoms with Crippen LogP contribution in [-0.2, 0) is 6.54 Å². The van der Waals surface area contributed by atoms with Gasteiger partial charge in [0.05, 0.1) is 10.6 Å². The van der Waals surface area contributed by atoms with Gasteiger partial charge in [0.2, 0.25) is 0 Å². The monoisotopic (exact) mass is 255 g/mol. The highest BCUT2D eigenvalue weighted by Crippen LogP contribution is 2.42. The van der Waals surface area contributed by atoms with Gasteiger partial charge in [0.25, 0.3) is 5.91 Å². The fourth-order valence-corrected chi connectivity index (χ4v) is 2.25. The molecule has 2 N–H and O–H groups in total. The number of fused-ring (bicyclic) bond motifs is 1. The molecule has 1 aliphatic rings. The third-order valence-corrected chi connectivity index (χ3v) is 3.27. The zero-order valence-electron chi connectivity index (χ0n) is 9.91. The normalized spacial score (nSPS) is 15.3.